The molecule has 1 aliphatic rings. The van der Waals surface area contributed by atoms with Crippen molar-refractivity contribution in [2.24, 2.45) is 5.92 Å². The third-order valence-corrected chi connectivity index (χ3v) is 4.50. The van der Waals surface area contributed by atoms with Crippen molar-refractivity contribution in [3.63, 3.8) is 0 Å². The van der Waals surface area contributed by atoms with Crippen molar-refractivity contribution in [1.29, 1.82) is 0 Å². The summed E-state index contributed by atoms with van der Waals surface area (Å²) in [5.41, 5.74) is 0.153. The average molecular weight is 385 g/mol. The first-order chi connectivity index (χ1) is 13.3. The summed E-state index contributed by atoms with van der Waals surface area (Å²) in [6.45, 7) is 3.03. The van der Waals surface area contributed by atoms with Crippen molar-refractivity contribution in [3.8, 4) is 11.5 Å². The highest BCUT2D eigenvalue weighted by atomic mass is 19.1. The lowest BCUT2D eigenvalue weighted by Crippen LogP contribution is -2.47. The Morgan fingerprint density at radius 3 is 2.61 bits per heavy atom. The van der Waals surface area contributed by atoms with Gasteiger partial charge in [0.05, 0.1) is 24.8 Å². The number of carbonyl (C=O) groups is 3. The summed E-state index contributed by atoms with van der Waals surface area (Å²) in [4.78, 5) is 39.6. The number of amides is 2. The number of fused-ring (bicyclic) bond motifs is 1. The number of benzene rings is 2. The number of para-hydroxylation sites is 1. The molecule has 0 unspecified atom stereocenters. The van der Waals surface area contributed by atoms with E-state index in [1.807, 2.05) is 0 Å². The Morgan fingerprint density at radius 2 is 1.93 bits per heavy atom. The highest BCUT2D eigenvalue weighted by Gasteiger charge is 2.39. The Bertz CT molecular complexity index is 940. The van der Waals surface area contributed by atoms with E-state index in [4.69, 9.17) is 9.47 Å². The summed E-state index contributed by atoms with van der Waals surface area (Å²) < 4.78 is 24.5. The molecular weight excluding hydrogens is 365 g/mol. The zero-order valence-corrected chi connectivity index (χ0v) is 15.8. The maximum atomic E-state index is 13.6. The number of hydrogen-bond donors (Lipinski definition) is 0. The fourth-order valence-electron chi connectivity index (χ4n) is 3.03. The van der Waals surface area contributed by atoms with Gasteiger partial charge in [0.1, 0.15) is 17.3 Å². The van der Waals surface area contributed by atoms with Gasteiger partial charge in [-0.1, -0.05) is 26.0 Å². The number of hydrogen-bond acceptors (Lipinski definition) is 5. The van der Waals surface area contributed by atoms with E-state index < -0.39 is 36.1 Å². The minimum absolute atomic E-state index is 0.0392. The molecule has 1 aliphatic heterocycles. The molecule has 1 heterocycles. The van der Waals surface area contributed by atoms with Crippen molar-refractivity contribution < 1.29 is 28.2 Å². The van der Waals surface area contributed by atoms with Crippen molar-refractivity contribution in [1.82, 2.24) is 4.90 Å². The fourth-order valence-corrected chi connectivity index (χ4v) is 3.03. The molecule has 0 spiro atoms. The number of ketones is 1. The van der Waals surface area contributed by atoms with Gasteiger partial charge in [-0.05, 0) is 36.2 Å². The van der Waals surface area contributed by atoms with Crippen molar-refractivity contribution in [2.75, 3.05) is 13.7 Å². The largest absolute Gasteiger partial charge is 0.496 e. The molecule has 3 rings (SSSR count). The lowest BCUT2D eigenvalue weighted by atomic mass is 10.0. The molecule has 2 aromatic rings. The third kappa shape index (κ3) is 3.60. The first kappa shape index (κ1) is 19.5. The number of Topliss-reactive ketones (excluding diaryl/α,β-unsaturated/α-hetero) is 1. The molecule has 0 bridgehead atoms. The molecule has 7 heteroatoms. The van der Waals surface area contributed by atoms with Crippen LogP contribution in [0, 0.1) is 11.7 Å². The maximum Gasteiger partial charge on any atom is 0.271 e. The van der Waals surface area contributed by atoms with Crippen LogP contribution in [0.15, 0.2) is 42.5 Å². The van der Waals surface area contributed by atoms with Crippen LogP contribution in [0.4, 0.5) is 4.39 Å². The second kappa shape index (κ2) is 7.80. The average Bonchev–Trinajstić information content (AvgIpc) is 2.78. The van der Waals surface area contributed by atoms with E-state index in [0.29, 0.717) is 0 Å². The minimum atomic E-state index is -0.921. The van der Waals surface area contributed by atoms with E-state index in [1.54, 1.807) is 32.0 Å². The van der Waals surface area contributed by atoms with Crippen LogP contribution in [-0.2, 0) is 4.79 Å². The Labute approximate surface area is 161 Å². The van der Waals surface area contributed by atoms with E-state index in [1.165, 1.54) is 19.2 Å². The van der Waals surface area contributed by atoms with E-state index in [2.05, 4.69) is 0 Å². The summed E-state index contributed by atoms with van der Waals surface area (Å²) in [5.74, 6) is -2.25. The molecule has 0 N–H and O–H groups in total. The number of rotatable bonds is 5. The Morgan fingerprint density at radius 1 is 1.21 bits per heavy atom. The minimum Gasteiger partial charge on any atom is -0.496 e. The van der Waals surface area contributed by atoms with Gasteiger partial charge in [-0.15, -0.1) is 0 Å². The van der Waals surface area contributed by atoms with Crippen molar-refractivity contribution in [3.05, 3.63) is 59.4 Å². The fraction of sp³-hybridized carbons (Fsp3) is 0.286. The molecule has 0 saturated carbocycles. The van der Waals surface area contributed by atoms with Gasteiger partial charge in [-0.2, -0.15) is 0 Å². The van der Waals surface area contributed by atoms with Gasteiger partial charge < -0.3 is 9.47 Å². The van der Waals surface area contributed by atoms with Crippen LogP contribution in [0.5, 0.6) is 11.5 Å². The summed E-state index contributed by atoms with van der Waals surface area (Å²) >= 11 is 0. The number of halogens is 1. The first-order valence-corrected chi connectivity index (χ1v) is 8.81. The van der Waals surface area contributed by atoms with Crippen molar-refractivity contribution >= 4 is 17.6 Å². The smallest absolute Gasteiger partial charge is 0.271 e. The topological polar surface area (TPSA) is 72.9 Å². The first-order valence-electron chi connectivity index (χ1n) is 8.81. The predicted molar refractivity (Wildman–Crippen MR) is 99.0 cm³/mol. The molecule has 28 heavy (non-hydrogen) atoms. The molecule has 0 saturated heterocycles. The molecule has 146 valence electrons. The second-order valence-electron chi connectivity index (χ2n) is 6.78. The number of nitrogens with zero attached hydrogens (tertiary/aromatic N) is 1. The summed E-state index contributed by atoms with van der Waals surface area (Å²) in [6.07, 6.45) is -0.921. The van der Waals surface area contributed by atoms with Crippen molar-refractivity contribution in [2.45, 2.75) is 20.0 Å². The molecule has 0 radical (unpaired) electrons. The summed E-state index contributed by atoms with van der Waals surface area (Å²) in [7, 11) is 1.35. The SMILES string of the molecule is COc1ccc(F)cc1C(=O)CN1C(=O)c2ccccc2O[C@@H](C(C)C)C1=O. The van der Waals surface area contributed by atoms with Gasteiger partial charge >= 0.3 is 0 Å². The third-order valence-electron chi connectivity index (χ3n) is 4.50. The normalized spacial score (nSPS) is 16.5. The molecule has 2 aromatic carbocycles. The van der Waals surface area contributed by atoms with Gasteiger partial charge in [0.15, 0.2) is 11.9 Å². The highest BCUT2D eigenvalue weighted by molar-refractivity contribution is 6.12. The lowest BCUT2D eigenvalue weighted by molar-refractivity contribution is -0.136. The van der Waals surface area contributed by atoms with Gasteiger partial charge in [-0.3, -0.25) is 19.3 Å². The van der Waals surface area contributed by atoms with Gasteiger partial charge in [0.25, 0.3) is 11.8 Å². The van der Waals surface area contributed by atoms with Crippen LogP contribution in [0.2, 0.25) is 0 Å². The van der Waals surface area contributed by atoms with Gasteiger partial charge in [-0.25, -0.2) is 4.39 Å². The lowest BCUT2D eigenvalue weighted by Gasteiger charge is -2.24. The second-order valence-corrected chi connectivity index (χ2v) is 6.78. The van der Waals surface area contributed by atoms with E-state index in [0.717, 1.165) is 17.0 Å². The number of carbonyl (C=O) groups excluding carboxylic acids is 3. The van der Waals surface area contributed by atoms with Crippen LogP contribution in [-0.4, -0.2) is 42.3 Å². The van der Waals surface area contributed by atoms with E-state index in [9.17, 15) is 18.8 Å². The number of ether oxygens (including phenoxy) is 2. The van der Waals surface area contributed by atoms with Crippen LogP contribution < -0.4 is 9.47 Å². The molecule has 0 aliphatic carbocycles. The highest BCUT2D eigenvalue weighted by Crippen LogP contribution is 2.28. The zero-order valence-electron chi connectivity index (χ0n) is 15.8. The standard InChI is InChI=1S/C21H20FNO5/c1-12(2)19-21(26)23(20(25)14-6-4-5-7-18(14)28-19)11-16(24)15-10-13(22)8-9-17(15)27-3/h4-10,12,19H,11H2,1-3H3/t19-/m0/s1. The monoisotopic (exact) mass is 385 g/mol. The molecular formula is C21H20FNO5. The van der Waals surface area contributed by atoms with E-state index >= 15 is 0 Å². The molecule has 0 fully saturated rings. The Kier molecular flexibility index (Phi) is 5.44. The van der Waals surface area contributed by atoms with Crippen LogP contribution in [0.1, 0.15) is 34.6 Å². The quantitative estimate of drug-likeness (QED) is 0.584. The molecule has 1 atom stereocenters. The number of methoxy groups -OCH3 is 1. The zero-order chi connectivity index (χ0) is 20.4. The molecule has 2 amide bonds. The van der Waals surface area contributed by atoms with Crippen LogP contribution >= 0.6 is 0 Å². The predicted octanol–water partition coefficient (Wildman–Crippen LogP) is 3.10. The van der Waals surface area contributed by atoms with Gasteiger partial charge in [0, 0.05) is 0 Å². The summed E-state index contributed by atoms with van der Waals surface area (Å²) in [6, 6.07) is 10.0. The summed E-state index contributed by atoms with van der Waals surface area (Å²) in [5, 5.41) is 0. The van der Waals surface area contributed by atoms with E-state index in [-0.39, 0.29) is 28.5 Å². The number of imide groups is 1. The van der Waals surface area contributed by atoms with Crippen LogP contribution in [0.3, 0.4) is 0 Å². The molecule has 6 nitrogen and oxygen atoms in total. The Balaban J connectivity index is 2.00. The van der Waals surface area contributed by atoms with Gasteiger partial charge in [0.2, 0.25) is 0 Å². The maximum absolute atomic E-state index is 13.6. The molecule has 0 aromatic heterocycles. The Hall–Kier alpha value is -3.22. The van der Waals surface area contributed by atoms with Crippen LogP contribution in [0.25, 0.3) is 0 Å².